The van der Waals surface area contributed by atoms with Crippen LogP contribution in [0, 0.1) is 6.92 Å². The molecule has 2 aromatic rings. The van der Waals surface area contributed by atoms with Crippen LogP contribution in [0.15, 0.2) is 18.2 Å². The molecule has 0 saturated carbocycles. The van der Waals surface area contributed by atoms with Crippen LogP contribution in [0.25, 0.3) is 11.0 Å². The number of aliphatic carboxylic acids is 1. The van der Waals surface area contributed by atoms with Crippen LogP contribution in [0.1, 0.15) is 11.4 Å². The lowest BCUT2D eigenvalue weighted by Gasteiger charge is -2.08. The van der Waals surface area contributed by atoms with Crippen molar-refractivity contribution in [3.05, 3.63) is 29.6 Å². The van der Waals surface area contributed by atoms with Gasteiger partial charge in [0.05, 0.1) is 11.0 Å². The summed E-state index contributed by atoms with van der Waals surface area (Å²) in [5.74, 6) is -2.54. The minimum absolute atomic E-state index is 0.142. The maximum Gasteiger partial charge on any atom is 0.449 e. The number of imidazole rings is 1. The first-order valence-electron chi connectivity index (χ1n) is 5.05. The molecule has 1 aromatic carbocycles. The summed E-state index contributed by atoms with van der Waals surface area (Å²) in [4.78, 5) is 14.1. The van der Waals surface area contributed by atoms with Crippen LogP contribution in [-0.2, 0) is 17.5 Å². The Bertz CT molecular complexity index is 617. The highest BCUT2D eigenvalue weighted by Crippen LogP contribution is 2.31. The van der Waals surface area contributed by atoms with Gasteiger partial charge in [-0.25, -0.2) is 4.98 Å². The number of carbonyl (C=O) groups is 1. The van der Waals surface area contributed by atoms with Crippen molar-refractivity contribution in [3.8, 4) is 0 Å². The van der Waals surface area contributed by atoms with Crippen LogP contribution in [0.4, 0.5) is 13.2 Å². The summed E-state index contributed by atoms with van der Waals surface area (Å²) in [6.07, 6.45) is -4.68. The van der Waals surface area contributed by atoms with Gasteiger partial charge in [0.25, 0.3) is 0 Å². The highest BCUT2D eigenvalue weighted by Gasteiger charge is 2.37. The largest absolute Gasteiger partial charge is 0.480 e. The van der Waals surface area contributed by atoms with E-state index in [0.29, 0.717) is 4.57 Å². The fourth-order valence-corrected chi connectivity index (χ4v) is 1.75. The number of alkyl halides is 3. The molecule has 96 valence electrons. The standard InChI is InChI=1S/C11H9F3N2O2/c1-6-2-3-8-7(4-6)15-10(11(12,13)14)16(8)5-9(17)18/h2-4H,5H2,1H3,(H,17,18). The fourth-order valence-electron chi connectivity index (χ4n) is 1.75. The predicted octanol–water partition coefficient (Wildman–Crippen LogP) is 2.45. The van der Waals surface area contributed by atoms with E-state index in [1.54, 1.807) is 13.0 Å². The van der Waals surface area contributed by atoms with Crippen molar-refractivity contribution in [2.75, 3.05) is 0 Å². The summed E-state index contributed by atoms with van der Waals surface area (Å²) in [5, 5.41) is 8.67. The van der Waals surface area contributed by atoms with Crippen molar-refractivity contribution >= 4 is 17.0 Å². The number of rotatable bonds is 2. The zero-order valence-corrected chi connectivity index (χ0v) is 9.32. The van der Waals surface area contributed by atoms with E-state index in [0.717, 1.165) is 5.56 Å². The van der Waals surface area contributed by atoms with Gasteiger partial charge in [0.2, 0.25) is 5.82 Å². The molecule has 0 saturated heterocycles. The number of nitrogens with zero attached hydrogens (tertiary/aromatic N) is 2. The molecule has 4 nitrogen and oxygen atoms in total. The van der Waals surface area contributed by atoms with E-state index in [1.165, 1.54) is 12.1 Å². The lowest BCUT2D eigenvalue weighted by atomic mass is 10.2. The predicted molar refractivity (Wildman–Crippen MR) is 57.1 cm³/mol. The highest BCUT2D eigenvalue weighted by molar-refractivity contribution is 5.79. The van der Waals surface area contributed by atoms with E-state index in [9.17, 15) is 18.0 Å². The van der Waals surface area contributed by atoms with Crippen LogP contribution in [0.2, 0.25) is 0 Å². The summed E-state index contributed by atoms with van der Waals surface area (Å²) < 4.78 is 38.9. The molecule has 0 fully saturated rings. The van der Waals surface area contributed by atoms with Gasteiger partial charge < -0.3 is 9.67 Å². The third-order valence-corrected chi connectivity index (χ3v) is 2.45. The maximum atomic E-state index is 12.8. The van der Waals surface area contributed by atoms with Gasteiger partial charge in [0.1, 0.15) is 6.54 Å². The number of carboxylic acids is 1. The fraction of sp³-hybridized carbons (Fsp3) is 0.273. The van der Waals surface area contributed by atoms with Gasteiger partial charge in [0, 0.05) is 0 Å². The highest BCUT2D eigenvalue weighted by atomic mass is 19.4. The van der Waals surface area contributed by atoms with Crippen LogP contribution in [-0.4, -0.2) is 20.6 Å². The van der Waals surface area contributed by atoms with Gasteiger partial charge in [-0.1, -0.05) is 6.07 Å². The molecule has 1 N–H and O–H groups in total. The Balaban J connectivity index is 2.72. The smallest absolute Gasteiger partial charge is 0.449 e. The zero-order chi connectivity index (χ0) is 13.5. The second-order valence-electron chi connectivity index (χ2n) is 3.91. The monoisotopic (exact) mass is 258 g/mol. The molecule has 0 bridgehead atoms. The van der Waals surface area contributed by atoms with Crippen molar-refractivity contribution in [2.24, 2.45) is 0 Å². The van der Waals surface area contributed by atoms with Crippen LogP contribution in [0.5, 0.6) is 0 Å². The topological polar surface area (TPSA) is 55.1 Å². The summed E-state index contributed by atoms with van der Waals surface area (Å²) >= 11 is 0. The minimum atomic E-state index is -4.68. The molecule has 0 aliphatic heterocycles. The van der Waals surface area contributed by atoms with Crippen molar-refractivity contribution in [1.82, 2.24) is 9.55 Å². The molecule has 1 aromatic heterocycles. The van der Waals surface area contributed by atoms with Crippen molar-refractivity contribution < 1.29 is 23.1 Å². The first-order valence-corrected chi connectivity index (χ1v) is 5.05. The number of aryl methyl sites for hydroxylation is 1. The van der Waals surface area contributed by atoms with E-state index in [-0.39, 0.29) is 11.0 Å². The summed E-state index contributed by atoms with van der Waals surface area (Å²) in [6.45, 7) is 0.956. The van der Waals surface area contributed by atoms with Gasteiger partial charge in [-0.15, -0.1) is 0 Å². The second kappa shape index (κ2) is 4.01. The molecule has 0 amide bonds. The number of fused-ring (bicyclic) bond motifs is 1. The molecular formula is C11H9F3N2O2. The molecule has 0 aliphatic rings. The lowest BCUT2D eigenvalue weighted by molar-refractivity contribution is -0.148. The second-order valence-corrected chi connectivity index (χ2v) is 3.91. The maximum absolute atomic E-state index is 12.8. The van der Waals surface area contributed by atoms with Crippen LogP contribution >= 0.6 is 0 Å². The molecule has 0 spiro atoms. The number of benzene rings is 1. The molecule has 0 radical (unpaired) electrons. The third-order valence-electron chi connectivity index (χ3n) is 2.45. The number of halogens is 3. The van der Waals surface area contributed by atoms with Gasteiger partial charge in [0.15, 0.2) is 0 Å². The summed E-state index contributed by atoms with van der Waals surface area (Å²) in [6, 6.07) is 4.54. The molecule has 18 heavy (non-hydrogen) atoms. The van der Waals surface area contributed by atoms with Crippen LogP contribution < -0.4 is 0 Å². The number of hydrogen-bond donors (Lipinski definition) is 1. The van der Waals surface area contributed by atoms with Crippen molar-refractivity contribution in [2.45, 2.75) is 19.6 Å². The van der Waals surface area contributed by atoms with E-state index in [2.05, 4.69) is 4.98 Å². The Morgan fingerprint density at radius 2 is 2.11 bits per heavy atom. The zero-order valence-electron chi connectivity index (χ0n) is 9.32. The average molecular weight is 258 g/mol. The normalized spacial score (nSPS) is 12.0. The Morgan fingerprint density at radius 3 is 2.67 bits per heavy atom. The Kier molecular flexibility index (Phi) is 2.76. The van der Waals surface area contributed by atoms with Gasteiger partial charge in [-0.3, -0.25) is 4.79 Å². The number of hydrogen-bond acceptors (Lipinski definition) is 2. The quantitative estimate of drug-likeness (QED) is 0.900. The molecule has 0 aliphatic carbocycles. The third kappa shape index (κ3) is 2.15. The Morgan fingerprint density at radius 1 is 1.44 bits per heavy atom. The summed E-state index contributed by atoms with van der Waals surface area (Å²) in [7, 11) is 0. The van der Waals surface area contributed by atoms with E-state index in [4.69, 9.17) is 5.11 Å². The molecule has 1 heterocycles. The first-order chi connectivity index (χ1) is 8.29. The molecule has 0 unspecified atom stereocenters. The Labute approximate surface area is 99.7 Å². The van der Waals surface area contributed by atoms with E-state index in [1.807, 2.05) is 0 Å². The van der Waals surface area contributed by atoms with Gasteiger partial charge in [-0.05, 0) is 24.6 Å². The minimum Gasteiger partial charge on any atom is -0.480 e. The van der Waals surface area contributed by atoms with Gasteiger partial charge in [-0.2, -0.15) is 13.2 Å². The van der Waals surface area contributed by atoms with Crippen LogP contribution in [0.3, 0.4) is 0 Å². The Hall–Kier alpha value is -2.05. The number of carboxylic acid groups (broad SMARTS) is 1. The SMILES string of the molecule is Cc1ccc2c(c1)nc(C(F)(F)F)n2CC(=O)O. The van der Waals surface area contributed by atoms with E-state index >= 15 is 0 Å². The van der Waals surface area contributed by atoms with Gasteiger partial charge >= 0.3 is 12.1 Å². The molecular weight excluding hydrogens is 249 g/mol. The molecule has 2 rings (SSSR count). The molecule has 0 atom stereocenters. The van der Waals surface area contributed by atoms with Crippen molar-refractivity contribution in [1.29, 1.82) is 0 Å². The van der Waals surface area contributed by atoms with Crippen molar-refractivity contribution in [3.63, 3.8) is 0 Å². The summed E-state index contributed by atoms with van der Waals surface area (Å²) in [5.41, 5.74) is 1.06. The lowest BCUT2D eigenvalue weighted by Crippen LogP contribution is -2.18. The molecule has 7 heteroatoms. The number of aromatic nitrogens is 2. The van der Waals surface area contributed by atoms with E-state index < -0.39 is 24.5 Å². The first kappa shape index (κ1) is 12.4. The average Bonchev–Trinajstić information content (AvgIpc) is 2.55.